The van der Waals surface area contributed by atoms with Crippen molar-refractivity contribution in [2.45, 2.75) is 19.4 Å². The number of ether oxygens (including phenoxy) is 1. The number of hydrogen-bond donors (Lipinski definition) is 0. The van der Waals surface area contributed by atoms with Gasteiger partial charge >= 0.3 is 0 Å². The summed E-state index contributed by atoms with van der Waals surface area (Å²) in [6, 6.07) is 9.97. The van der Waals surface area contributed by atoms with Crippen molar-refractivity contribution in [3.8, 4) is 5.75 Å². The lowest BCUT2D eigenvalue weighted by Gasteiger charge is -2.10. The van der Waals surface area contributed by atoms with E-state index in [1.807, 2.05) is 13.0 Å². The Hall–Kier alpha value is -2.14. The van der Waals surface area contributed by atoms with Crippen LogP contribution in [0.5, 0.6) is 5.75 Å². The molecule has 0 aliphatic rings. The van der Waals surface area contributed by atoms with Crippen molar-refractivity contribution in [1.82, 2.24) is 4.98 Å². The first kappa shape index (κ1) is 14.3. The number of aromatic nitrogens is 1. The minimum absolute atomic E-state index is 0.0469. The quantitative estimate of drug-likeness (QED) is 0.479. The zero-order valence-electron chi connectivity index (χ0n) is 10.9. The molecule has 0 atom stereocenters. The van der Waals surface area contributed by atoms with Crippen molar-refractivity contribution >= 4 is 17.3 Å². The third-order valence-electron chi connectivity index (χ3n) is 2.71. The molecular weight excluding hydrogens is 280 g/mol. The van der Waals surface area contributed by atoms with Gasteiger partial charge in [0, 0.05) is 17.8 Å². The van der Waals surface area contributed by atoms with Gasteiger partial charge in [0.1, 0.15) is 12.4 Å². The van der Waals surface area contributed by atoms with Crippen molar-refractivity contribution in [3.05, 3.63) is 63.5 Å². The Kier molecular flexibility index (Phi) is 4.53. The van der Waals surface area contributed by atoms with Crippen LogP contribution < -0.4 is 4.74 Å². The summed E-state index contributed by atoms with van der Waals surface area (Å²) in [5, 5.41) is 10.7. The molecule has 0 aliphatic heterocycles. The monoisotopic (exact) mass is 292 g/mol. The van der Waals surface area contributed by atoms with Crippen molar-refractivity contribution in [1.29, 1.82) is 0 Å². The highest BCUT2D eigenvalue weighted by Gasteiger charge is 2.08. The lowest BCUT2D eigenvalue weighted by Crippen LogP contribution is -2.01. The third-order valence-corrected chi connectivity index (χ3v) is 2.97. The minimum atomic E-state index is -0.429. The van der Waals surface area contributed by atoms with Crippen molar-refractivity contribution < 1.29 is 9.66 Å². The van der Waals surface area contributed by atoms with Crippen LogP contribution >= 0.6 is 11.6 Å². The zero-order valence-corrected chi connectivity index (χ0v) is 11.6. The van der Waals surface area contributed by atoms with Gasteiger partial charge in [0.15, 0.2) is 0 Å². The molecule has 0 radical (unpaired) electrons. The summed E-state index contributed by atoms with van der Waals surface area (Å²) in [5.41, 5.74) is 2.30. The molecule has 0 saturated heterocycles. The molecular formula is C14H13ClN2O3. The van der Waals surface area contributed by atoms with Gasteiger partial charge in [-0.3, -0.25) is 15.1 Å². The van der Waals surface area contributed by atoms with Crippen LogP contribution in [0.4, 0.5) is 5.69 Å². The average molecular weight is 293 g/mol. The molecule has 0 fully saturated rings. The summed E-state index contributed by atoms with van der Waals surface area (Å²) in [6.07, 6.45) is 0. The van der Waals surface area contributed by atoms with Crippen LogP contribution in [0.3, 0.4) is 0 Å². The maximum absolute atomic E-state index is 10.7. The van der Waals surface area contributed by atoms with Gasteiger partial charge in [-0.2, -0.15) is 0 Å². The molecule has 104 valence electrons. The van der Waals surface area contributed by atoms with Gasteiger partial charge in [0.2, 0.25) is 0 Å². The molecule has 1 heterocycles. The number of nitrogens with zero attached hydrogens (tertiary/aromatic N) is 2. The highest BCUT2D eigenvalue weighted by atomic mass is 35.5. The van der Waals surface area contributed by atoms with Crippen molar-refractivity contribution in [3.63, 3.8) is 0 Å². The molecule has 2 rings (SSSR count). The third kappa shape index (κ3) is 3.45. The van der Waals surface area contributed by atoms with E-state index >= 15 is 0 Å². The largest absolute Gasteiger partial charge is 0.487 e. The molecule has 2 aromatic rings. The fraction of sp³-hybridized carbons (Fsp3) is 0.214. The minimum Gasteiger partial charge on any atom is -0.487 e. The van der Waals surface area contributed by atoms with Crippen LogP contribution in [-0.2, 0) is 12.5 Å². The second-order valence-electron chi connectivity index (χ2n) is 4.25. The summed E-state index contributed by atoms with van der Waals surface area (Å²) in [5.74, 6) is 0.850. The second-order valence-corrected chi connectivity index (χ2v) is 4.51. The Morgan fingerprint density at radius 1 is 1.35 bits per heavy atom. The number of pyridine rings is 1. The molecule has 0 saturated carbocycles. The SMILES string of the molecule is Cc1ccc(OCc2cccc([N+](=O)[O-])c2)c(CCl)n1. The number of rotatable bonds is 5. The maximum atomic E-state index is 10.7. The first-order valence-corrected chi connectivity index (χ1v) is 6.52. The smallest absolute Gasteiger partial charge is 0.269 e. The number of aryl methyl sites for hydroxylation is 1. The van der Waals surface area contributed by atoms with Gasteiger partial charge < -0.3 is 4.74 Å². The predicted molar refractivity (Wildman–Crippen MR) is 76.0 cm³/mol. The van der Waals surface area contributed by atoms with E-state index in [1.54, 1.807) is 18.2 Å². The standard InChI is InChI=1S/C14H13ClN2O3/c1-10-5-6-14(13(8-15)16-10)20-9-11-3-2-4-12(7-11)17(18)19/h2-7H,8-9H2,1H3. The van der Waals surface area contributed by atoms with E-state index in [0.717, 1.165) is 11.3 Å². The molecule has 6 heteroatoms. The normalized spacial score (nSPS) is 10.3. The molecule has 1 aromatic carbocycles. The average Bonchev–Trinajstić information content (AvgIpc) is 2.46. The lowest BCUT2D eigenvalue weighted by atomic mass is 10.2. The summed E-state index contributed by atoms with van der Waals surface area (Å²) in [4.78, 5) is 14.6. The Morgan fingerprint density at radius 2 is 2.15 bits per heavy atom. The highest BCUT2D eigenvalue weighted by Crippen LogP contribution is 2.21. The molecule has 0 amide bonds. The van der Waals surface area contributed by atoms with Crippen LogP contribution in [0.2, 0.25) is 0 Å². The zero-order chi connectivity index (χ0) is 14.5. The molecule has 0 spiro atoms. The van der Waals surface area contributed by atoms with Gasteiger partial charge in [0.05, 0.1) is 16.5 Å². The number of halogens is 1. The molecule has 0 bridgehead atoms. The second kappa shape index (κ2) is 6.34. The van der Waals surface area contributed by atoms with E-state index in [2.05, 4.69) is 4.98 Å². The van der Waals surface area contributed by atoms with Crippen LogP contribution in [-0.4, -0.2) is 9.91 Å². The molecule has 0 N–H and O–H groups in total. The number of nitro groups is 1. The number of benzene rings is 1. The van der Waals surface area contributed by atoms with Gasteiger partial charge in [-0.05, 0) is 24.6 Å². The molecule has 0 aliphatic carbocycles. The summed E-state index contributed by atoms with van der Waals surface area (Å²) < 4.78 is 5.63. The van der Waals surface area contributed by atoms with Crippen LogP contribution in [0.25, 0.3) is 0 Å². The summed E-state index contributed by atoms with van der Waals surface area (Å²) in [6.45, 7) is 2.11. The number of alkyl halides is 1. The Morgan fingerprint density at radius 3 is 2.85 bits per heavy atom. The maximum Gasteiger partial charge on any atom is 0.269 e. The van der Waals surface area contributed by atoms with E-state index in [-0.39, 0.29) is 18.2 Å². The van der Waals surface area contributed by atoms with Crippen LogP contribution in [0, 0.1) is 17.0 Å². The number of hydrogen-bond acceptors (Lipinski definition) is 4. The van der Waals surface area contributed by atoms with E-state index in [0.29, 0.717) is 11.4 Å². The van der Waals surface area contributed by atoms with Crippen LogP contribution in [0.1, 0.15) is 17.0 Å². The Balaban J connectivity index is 2.12. The van der Waals surface area contributed by atoms with E-state index < -0.39 is 4.92 Å². The Bertz CT molecular complexity index is 632. The van der Waals surface area contributed by atoms with E-state index in [4.69, 9.17) is 16.3 Å². The van der Waals surface area contributed by atoms with Gasteiger partial charge in [-0.15, -0.1) is 11.6 Å². The molecule has 0 unspecified atom stereocenters. The van der Waals surface area contributed by atoms with Crippen molar-refractivity contribution in [2.24, 2.45) is 0 Å². The number of non-ortho nitro benzene ring substituents is 1. The topological polar surface area (TPSA) is 65.3 Å². The van der Waals surface area contributed by atoms with E-state index in [1.165, 1.54) is 12.1 Å². The fourth-order valence-corrected chi connectivity index (χ4v) is 1.94. The molecule has 1 aromatic heterocycles. The molecule has 20 heavy (non-hydrogen) atoms. The first-order valence-electron chi connectivity index (χ1n) is 5.99. The van der Waals surface area contributed by atoms with Gasteiger partial charge in [0.25, 0.3) is 5.69 Å². The summed E-state index contributed by atoms with van der Waals surface area (Å²) >= 11 is 5.82. The molecule has 5 nitrogen and oxygen atoms in total. The first-order chi connectivity index (χ1) is 9.60. The van der Waals surface area contributed by atoms with E-state index in [9.17, 15) is 10.1 Å². The summed E-state index contributed by atoms with van der Waals surface area (Å²) in [7, 11) is 0. The Labute approximate surface area is 121 Å². The van der Waals surface area contributed by atoms with Crippen LogP contribution in [0.15, 0.2) is 36.4 Å². The lowest BCUT2D eigenvalue weighted by molar-refractivity contribution is -0.384. The fourth-order valence-electron chi connectivity index (χ4n) is 1.75. The van der Waals surface area contributed by atoms with Crippen molar-refractivity contribution in [2.75, 3.05) is 0 Å². The van der Waals surface area contributed by atoms with Gasteiger partial charge in [-0.25, -0.2) is 0 Å². The highest BCUT2D eigenvalue weighted by molar-refractivity contribution is 6.17. The number of nitro benzene ring substituents is 1. The predicted octanol–water partition coefficient (Wildman–Crippen LogP) is 3.62. The van der Waals surface area contributed by atoms with Gasteiger partial charge in [-0.1, -0.05) is 12.1 Å².